The molecule has 0 radical (unpaired) electrons. The van der Waals surface area contributed by atoms with Crippen LogP contribution >= 0.6 is 0 Å². The highest BCUT2D eigenvalue weighted by atomic mass is 19.4. The number of nitrogens with one attached hydrogen (secondary N) is 2. The van der Waals surface area contributed by atoms with Crippen LogP contribution in [0.15, 0.2) is 53.8 Å². The number of anilines is 1. The zero-order valence-corrected chi connectivity index (χ0v) is 13.7. The van der Waals surface area contributed by atoms with Gasteiger partial charge in [-0.15, -0.1) is 0 Å². The van der Waals surface area contributed by atoms with Crippen LogP contribution in [0.25, 0.3) is 0 Å². The molecule has 130 valence electrons. The van der Waals surface area contributed by atoms with Crippen LogP contribution < -0.4 is 10.6 Å². The largest absolute Gasteiger partial charge is 0.416 e. The van der Waals surface area contributed by atoms with Gasteiger partial charge < -0.3 is 10.6 Å². The lowest BCUT2D eigenvalue weighted by molar-refractivity contribution is -0.137. The Morgan fingerprint density at radius 1 is 1.25 bits per heavy atom. The molecule has 1 aromatic rings. The lowest BCUT2D eigenvalue weighted by Crippen LogP contribution is -2.33. The van der Waals surface area contributed by atoms with Crippen molar-refractivity contribution >= 4 is 11.4 Å². The van der Waals surface area contributed by atoms with E-state index in [-0.39, 0.29) is 5.92 Å². The van der Waals surface area contributed by atoms with Gasteiger partial charge in [-0.2, -0.15) is 13.2 Å². The first-order valence-electron chi connectivity index (χ1n) is 7.95. The molecule has 1 aliphatic heterocycles. The zero-order valence-electron chi connectivity index (χ0n) is 13.7. The van der Waals surface area contributed by atoms with Crippen molar-refractivity contribution in [3.8, 4) is 0 Å². The SMILES string of the molecule is C=C(Nc1ccc(C(F)(F)F)cc1)C(=N/C=C\C)C1CCNCC1. The fourth-order valence-corrected chi connectivity index (χ4v) is 2.66. The van der Waals surface area contributed by atoms with E-state index in [0.717, 1.165) is 43.8 Å². The Hall–Kier alpha value is -2.08. The van der Waals surface area contributed by atoms with Crippen molar-refractivity contribution in [3.05, 3.63) is 54.4 Å². The molecule has 1 heterocycles. The quantitative estimate of drug-likeness (QED) is 0.770. The van der Waals surface area contributed by atoms with Crippen molar-refractivity contribution in [2.24, 2.45) is 10.9 Å². The third-order valence-electron chi connectivity index (χ3n) is 3.91. The number of hydrogen-bond donors (Lipinski definition) is 2. The first-order valence-corrected chi connectivity index (χ1v) is 7.95. The molecule has 1 fully saturated rings. The molecular formula is C18H22F3N3. The summed E-state index contributed by atoms with van der Waals surface area (Å²) in [5, 5.41) is 6.38. The van der Waals surface area contributed by atoms with E-state index in [1.807, 2.05) is 13.0 Å². The monoisotopic (exact) mass is 337 g/mol. The van der Waals surface area contributed by atoms with Gasteiger partial charge in [-0.1, -0.05) is 12.7 Å². The second-order valence-electron chi connectivity index (χ2n) is 5.70. The topological polar surface area (TPSA) is 36.4 Å². The van der Waals surface area contributed by atoms with Crippen molar-refractivity contribution in [1.29, 1.82) is 0 Å². The molecule has 0 spiro atoms. The summed E-state index contributed by atoms with van der Waals surface area (Å²) in [6.45, 7) is 7.76. The summed E-state index contributed by atoms with van der Waals surface area (Å²) in [6.07, 6.45) is 1.15. The van der Waals surface area contributed by atoms with Gasteiger partial charge in [0.1, 0.15) is 0 Å². The average molecular weight is 337 g/mol. The first-order chi connectivity index (χ1) is 11.4. The number of rotatable bonds is 5. The van der Waals surface area contributed by atoms with Gasteiger partial charge in [-0.3, -0.25) is 4.99 Å². The third kappa shape index (κ3) is 4.96. The highest BCUT2D eigenvalue weighted by Crippen LogP contribution is 2.30. The molecule has 1 aliphatic rings. The Morgan fingerprint density at radius 2 is 1.88 bits per heavy atom. The van der Waals surface area contributed by atoms with Crippen LogP contribution in [0, 0.1) is 5.92 Å². The molecule has 0 amide bonds. The van der Waals surface area contributed by atoms with E-state index >= 15 is 0 Å². The molecule has 0 atom stereocenters. The summed E-state index contributed by atoms with van der Waals surface area (Å²) in [4.78, 5) is 4.49. The zero-order chi connectivity index (χ0) is 17.6. The molecule has 1 saturated heterocycles. The van der Waals surface area contributed by atoms with E-state index in [2.05, 4.69) is 22.2 Å². The molecule has 6 heteroatoms. The van der Waals surface area contributed by atoms with E-state index in [1.165, 1.54) is 12.1 Å². The summed E-state index contributed by atoms with van der Waals surface area (Å²) in [5.74, 6) is 0.289. The van der Waals surface area contributed by atoms with Crippen LogP contribution in [0.2, 0.25) is 0 Å². The van der Waals surface area contributed by atoms with Gasteiger partial charge in [0, 0.05) is 17.8 Å². The number of piperidine rings is 1. The van der Waals surface area contributed by atoms with Crippen LogP contribution in [-0.4, -0.2) is 18.8 Å². The fraction of sp³-hybridized carbons (Fsp3) is 0.389. The van der Waals surface area contributed by atoms with Crippen molar-refractivity contribution < 1.29 is 13.2 Å². The van der Waals surface area contributed by atoms with Gasteiger partial charge in [-0.25, -0.2) is 0 Å². The fourth-order valence-electron chi connectivity index (χ4n) is 2.66. The van der Waals surface area contributed by atoms with E-state index in [4.69, 9.17) is 0 Å². The van der Waals surface area contributed by atoms with Crippen molar-refractivity contribution in [2.75, 3.05) is 18.4 Å². The van der Waals surface area contributed by atoms with Crippen LogP contribution in [-0.2, 0) is 6.18 Å². The number of alkyl halides is 3. The molecule has 1 aromatic carbocycles. The van der Waals surface area contributed by atoms with E-state index in [0.29, 0.717) is 11.4 Å². The Labute approximate surface area is 140 Å². The minimum atomic E-state index is -4.33. The molecule has 24 heavy (non-hydrogen) atoms. The molecule has 2 N–H and O–H groups in total. The minimum absolute atomic E-state index is 0.289. The van der Waals surface area contributed by atoms with Gasteiger partial charge >= 0.3 is 6.18 Å². The smallest absolute Gasteiger partial charge is 0.355 e. The van der Waals surface area contributed by atoms with Gasteiger partial charge in [0.15, 0.2) is 0 Å². The Bertz CT molecular complexity index is 609. The molecule has 0 unspecified atom stereocenters. The number of benzene rings is 1. The standard InChI is InChI=1S/C18H22F3N3/c1-3-10-23-17(14-8-11-22-12-9-14)13(2)24-16-6-4-15(5-7-16)18(19,20)21/h3-7,10,14,22,24H,2,8-9,11-12H2,1H3/b10-3-,23-17?. The van der Waals surface area contributed by atoms with Gasteiger partial charge in [0.25, 0.3) is 0 Å². The van der Waals surface area contributed by atoms with E-state index in [1.54, 1.807) is 6.20 Å². The molecule has 3 nitrogen and oxygen atoms in total. The van der Waals surface area contributed by atoms with Crippen LogP contribution in [0.4, 0.5) is 18.9 Å². The van der Waals surface area contributed by atoms with Crippen LogP contribution in [0.5, 0.6) is 0 Å². The number of allylic oxidation sites excluding steroid dienone is 2. The van der Waals surface area contributed by atoms with Crippen LogP contribution in [0.3, 0.4) is 0 Å². The summed E-state index contributed by atoms with van der Waals surface area (Å²) in [5.41, 5.74) is 1.38. The Kier molecular flexibility index (Phi) is 6.20. The molecular weight excluding hydrogens is 315 g/mol. The maximum Gasteiger partial charge on any atom is 0.416 e. The van der Waals surface area contributed by atoms with Gasteiger partial charge in [-0.05, 0) is 57.1 Å². The van der Waals surface area contributed by atoms with Gasteiger partial charge in [0.05, 0.1) is 17.0 Å². The molecule has 2 rings (SSSR count). The number of halogens is 3. The maximum absolute atomic E-state index is 12.6. The third-order valence-corrected chi connectivity index (χ3v) is 3.91. The lowest BCUT2D eigenvalue weighted by atomic mass is 9.91. The average Bonchev–Trinajstić information content (AvgIpc) is 2.56. The van der Waals surface area contributed by atoms with Crippen molar-refractivity contribution in [1.82, 2.24) is 5.32 Å². The Morgan fingerprint density at radius 3 is 2.42 bits per heavy atom. The summed E-state index contributed by atoms with van der Waals surface area (Å²) in [6, 6.07) is 4.93. The first kappa shape index (κ1) is 18.3. The predicted molar refractivity (Wildman–Crippen MR) is 92.0 cm³/mol. The lowest BCUT2D eigenvalue weighted by Gasteiger charge is -2.25. The summed E-state index contributed by atoms with van der Waals surface area (Å²) >= 11 is 0. The highest BCUT2D eigenvalue weighted by molar-refractivity contribution is 6.04. The van der Waals surface area contributed by atoms with Gasteiger partial charge in [0.2, 0.25) is 0 Å². The number of nitrogens with zero attached hydrogens (tertiary/aromatic N) is 1. The Balaban J connectivity index is 2.12. The normalized spacial score (nSPS) is 17.2. The van der Waals surface area contributed by atoms with Crippen molar-refractivity contribution in [3.63, 3.8) is 0 Å². The second-order valence-corrected chi connectivity index (χ2v) is 5.70. The summed E-state index contributed by atoms with van der Waals surface area (Å²) in [7, 11) is 0. The number of aliphatic imine (C=N–C) groups is 1. The maximum atomic E-state index is 12.6. The molecule has 0 bridgehead atoms. The van der Waals surface area contributed by atoms with E-state index < -0.39 is 11.7 Å². The predicted octanol–water partition coefficient (Wildman–Crippen LogP) is 4.61. The molecule has 0 aliphatic carbocycles. The highest BCUT2D eigenvalue weighted by Gasteiger charge is 2.30. The van der Waals surface area contributed by atoms with E-state index in [9.17, 15) is 13.2 Å². The molecule has 0 saturated carbocycles. The van der Waals surface area contributed by atoms with Crippen LogP contribution in [0.1, 0.15) is 25.3 Å². The minimum Gasteiger partial charge on any atom is -0.355 e. The van der Waals surface area contributed by atoms with Crippen molar-refractivity contribution in [2.45, 2.75) is 25.9 Å². The second kappa shape index (κ2) is 8.15. The number of hydrogen-bond acceptors (Lipinski definition) is 3. The summed E-state index contributed by atoms with van der Waals surface area (Å²) < 4.78 is 37.9. The molecule has 0 aromatic heterocycles.